The summed E-state index contributed by atoms with van der Waals surface area (Å²) in [7, 11) is 0. The molecule has 1 aromatic carbocycles. The molecular weight excluding hydrogens is 200 g/mol. The minimum absolute atomic E-state index is 0.263. The van der Waals surface area contributed by atoms with Crippen LogP contribution in [0.5, 0.6) is 0 Å². The van der Waals surface area contributed by atoms with E-state index in [9.17, 15) is 4.79 Å². The van der Waals surface area contributed by atoms with Crippen LogP contribution in [0.4, 0.5) is 0 Å². The first-order valence-electron chi connectivity index (χ1n) is 5.53. The maximum absolute atomic E-state index is 10.4. The Labute approximate surface area is 96.9 Å². The zero-order chi connectivity index (χ0) is 11.6. The summed E-state index contributed by atoms with van der Waals surface area (Å²) in [4.78, 5) is 10.4. The molecule has 0 N–H and O–H groups in total. The average molecular weight is 218 g/mol. The number of allylic oxidation sites excluding steroid dienone is 1. The van der Waals surface area contributed by atoms with E-state index in [1.807, 2.05) is 36.4 Å². The molecule has 0 bridgehead atoms. The van der Waals surface area contributed by atoms with E-state index >= 15 is 0 Å². The molecule has 16 heavy (non-hydrogen) atoms. The van der Waals surface area contributed by atoms with Crippen LogP contribution in [0.25, 0.3) is 0 Å². The van der Waals surface area contributed by atoms with Crippen LogP contribution < -0.4 is 0 Å². The highest BCUT2D eigenvalue weighted by atomic mass is 16.5. The van der Waals surface area contributed by atoms with Crippen LogP contribution in [0.2, 0.25) is 0 Å². The van der Waals surface area contributed by atoms with Gasteiger partial charge in [-0.25, -0.2) is 0 Å². The van der Waals surface area contributed by atoms with Gasteiger partial charge in [-0.15, -0.1) is 6.58 Å². The molecule has 1 unspecified atom stereocenters. The third kappa shape index (κ3) is 4.89. The first kappa shape index (κ1) is 12.7. The number of hydrogen-bond acceptors (Lipinski definition) is 2. The Morgan fingerprint density at radius 1 is 1.25 bits per heavy atom. The topological polar surface area (TPSA) is 26.3 Å². The largest absolute Gasteiger partial charge is 0.376 e. The Kier molecular flexibility index (Phi) is 6.19. The van der Waals surface area contributed by atoms with Crippen molar-refractivity contribution in [3.05, 3.63) is 48.6 Å². The summed E-state index contributed by atoms with van der Waals surface area (Å²) in [5.41, 5.74) is 1.16. The van der Waals surface area contributed by atoms with Crippen molar-refractivity contribution < 1.29 is 9.53 Å². The molecule has 0 saturated heterocycles. The number of carbonyl (C=O) groups is 1. The third-order valence-electron chi connectivity index (χ3n) is 2.39. The van der Waals surface area contributed by atoms with Crippen molar-refractivity contribution >= 4 is 6.29 Å². The van der Waals surface area contributed by atoms with Crippen molar-refractivity contribution in [2.24, 2.45) is 5.92 Å². The number of carbonyl (C=O) groups excluding carboxylic acids is 1. The highest BCUT2D eigenvalue weighted by Gasteiger charge is 2.06. The second-order valence-electron chi connectivity index (χ2n) is 3.79. The Hall–Kier alpha value is -1.41. The van der Waals surface area contributed by atoms with Crippen molar-refractivity contribution in [1.82, 2.24) is 0 Å². The summed E-state index contributed by atoms with van der Waals surface area (Å²) >= 11 is 0. The minimum Gasteiger partial charge on any atom is -0.376 e. The van der Waals surface area contributed by atoms with Gasteiger partial charge in [-0.05, 0) is 17.9 Å². The predicted octanol–water partition coefficient (Wildman–Crippen LogP) is 2.98. The molecule has 0 aliphatic rings. The third-order valence-corrected chi connectivity index (χ3v) is 2.39. The fourth-order valence-electron chi connectivity index (χ4n) is 1.52. The van der Waals surface area contributed by atoms with Gasteiger partial charge < -0.3 is 9.53 Å². The number of aldehydes is 1. The monoisotopic (exact) mass is 218 g/mol. The van der Waals surface area contributed by atoms with E-state index in [-0.39, 0.29) is 5.92 Å². The zero-order valence-electron chi connectivity index (χ0n) is 9.47. The highest BCUT2D eigenvalue weighted by Crippen LogP contribution is 2.10. The summed E-state index contributed by atoms with van der Waals surface area (Å²) in [5.74, 6) is 0.263. The summed E-state index contributed by atoms with van der Waals surface area (Å²) in [6.45, 7) is 4.89. The summed E-state index contributed by atoms with van der Waals surface area (Å²) in [6.07, 6.45) is 4.15. The van der Waals surface area contributed by atoms with Gasteiger partial charge in [0, 0.05) is 6.42 Å². The fraction of sp³-hybridized carbons (Fsp3) is 0.357. The number of hydrogen-bond donors (Lipinski definition) is 0. The Morgan fingerprint density at radius 3 is 2.62 bits per heavy atom. The van der Waals surface area contributed by atoms with Crippen LogP contribution in [0.3, 0.4) is 0 Å². The van der Waals surface area contributed by atoms with Gasteiger partial charge in [0.1, 0.15) is 6.29 Å². The molecule has 0 aromatic heterocycles. The van der Waals surface area contributed by atoms with Gasteiger partial charge in [0.05, 0.1) is 13.2 Å². The molecule has 0 spiro atoms. The van der Waals surface area contributed by atoms with Gasteiger partial charge in [0.2, 0.25) is 0 Å². The Balaban J connectivity index is 2.27. The maximum Gasteiger partial charge on any atom is 0.120 e. The Bertz CT molecular complexity index is 296. The normalized spacial score (nSPS) is 12.0. The van der Waals surface area contributed by atoms with Crippen LogP contribution in [0.15, 0.2) is 43.0 Å². The predicted molar refractivity (Wildman–Crippen MR) is 65.1 cm³/mol. The molecule has 0 aliphatic heterocycles. The summed E-state index contributed by atoms with van der Waals surface area (Å²) in [5, 5.41) is 0. The van der Waals surface area contributed by atoms with Gasteiger partial charge in [-0.2, -0.15) is 0 Å². The van der Waals surface area contributed by atoms with Crippen molar-refractivity contribution in [1.29, 1.82) is 0 Å². The molecule has 0 saturated carbocycles. The molecule has 1 atom stereocenters. The Morgan fingerprint density at radius 2 is 2.00 bits per heavy atom. The zero-order valence-corrected chi connectivity index (χ0v) is 9.47. The van der Waals surface area contributed by atoms with Gasteiger partial charge in [-0.3, -0.25) is 0 Å². The lowest BCUT2D eigenvalue weighted by atomic mass is 10.0. The molecule has 1 aromatic rings. The van der Waals surface area contributed by atoms with E-state index in [0.29, 0.717) is 19.6 Å². The van der Waals surface area contributed by atoms with E-state index in [4.69, 9.17) is 4.74 Å². The minimum atomic E-state index is 0.263. The standard InChI is InChI=1S/C14H18O2/c1-2-6-13(9-10-15)11-16-12-14-7-4-3-5-8-14/h2-5,7-8,10,13H,1,6,9,11-12H2. The van der Waals surface area contributed by atoms with Crippen LogP contribution in [-0.4, -0.2) is 12.9 Å². The molecule has 0 heterocycles. The fourth-order valence-corrected chi connectivity index (χ4v) is 1.52. The van der Waals surface area contributed by atoms with E-state index in [0.717, 1.165) is 18.3 Å². The lowest BCUT2D eigenvalue weighted by Crippen LogP contribution is -2.09. The van der Waals surface area contributed by atoms with E-state index < -0.39 is 0 Å². The van der Waals surface area contributed by atoms with Crippen molar-refractivity contribution in [2.45, 2.75) is 19.4 Å². The lowest BCUT2D eigenvalue weighted by Gasteiger charge is -2.12. The molecule has 2 heteroatoms. The van der Waals surface area contributed by atoms with Crippen molar-refractivity contribution in [2.75, 3.05) is 6.61 Å². The molecule has 0 amide bonds. The number of rotatable bonds is 8. The lowest BCUT2D eigenvalue weighted by molar-refractivity contribution is -0.109. The van der Waals surface area contributed by atoms with Crippen LogP contribution in [0, 0.1) is 5.92 Å². The van der Waals surface area contributed by atoms with Gasteiger partial charge in [0.25, 0.3) is 0 Å². The molecule has 0 radical (unpaired) electrons. The van der Waals surface area contributed by atoms with Crippen molar-refractivity contribution in [3.8, 4) is 0 Å². The van der Waals surface area contributed by atoms with Gasteiger partial charge in [0.15, 0.2) is 0 Å². The molecule has 0 fully saturated rings. The molecule has 1 rings (SSSR count). The van der Waals surface area contributed by atoms with Crippen LogP contribution in [0.1, 0.15) is 18.4 Å². The first-order valence-corrected chi connectivity index (χ1v) is 5.53. The molecular formula is C14H18O2. The van der Waals surface area contributed by atoms with E-state index in [2.05, 4.69) is 6.58 Å². The van der Waals surface area contributed by atoms with E-state index in [1.54, 1.807) is 0 Å². The summed E-state index contributed by atoms with van der Waals surface area (Å²) < 4.78 is 5.58. The summed E-state index contributed by atoms with van der Waals surface area (Å²) in [6, 6.07) is 10.0. The smallest absolute Gasteiger partial charge is 0.120 e. The SMILES string of the molecule is C=CCC(CC=O)COCc1ccccc1. The van der Waals surface area contributed by atoms with Gasteiger partial charge in [-0.1, -0.05) is 36.4 Å². The second-order valence-corrected chi connectivity index (χ2v) is 3.79. The van der Waals surface area contributed by atoms with Crippen LogP contribution in [-0.2, 0) is 16.1 Å². The second kappa shape index (κ2) is 7.83. The average Bonchev–Trinajstić information content (AvgIpc) is 2.31. The quantitative estimate of drug-likeness (QED) is 0.495. The molecule has 2 nitrogen and oxygen atoms in total. The van der Waals surface area contributed by atoms with Gasteiger partial charge >= 0.3 is 0 Å². The highest BCUT2D eigenvalue weighted by molar-refractivity contribution is 5.49. The number of ether oxygens (including phenoxy) is 1. The number of benzene rings is 1. The molecule has 86 valence electrons. The van der Waals surface area contributed by atoms with E-state index in [1.165, 1.54) is 0 Å². The molecule has 0 aliphatic carbocycles. The van der Waals surface area contributed by atoms with Crippen molar-refractivity contribution in [3.63, 3.8) is 0 Å². The van der Waals surface area contributed by atoms with Crippen LogP contribution >= 0.6 is 0 Å². The maximum atomic E-state index is 10.4. The first-order chi connectivity index (χ1) is 7.86.